The van der Waals surface area contributed by atoms with Crippen molar-refractivity contribution < 1.29 is 4.79 Å². The third kappa shape index (κ3) is 5.80. The predicted molar refractivity (Wildman–Crippen MR) is 43.9 cm³/mol. The molecule has 0 heterocycles. The standard InChI is InChI=1S/C9H18O/c1-8(2)5-4-6-9(3)7-10/h7-9H,4-6H2,1-3H3/t9-/m0/s1. The molecule has 0 aromatic rings. The molecule has 1 nitrogen and oxygen atoms in total. The first kappa shape index (κ1) is 9.67. The van der Waals surface area contributed by atoms with Gasteiger partial charge in [0.25, 0.3) is 0 Å². The summed E-state index contributed by atoms with van der Waals surface area (Å²) in [6, 6.07) is 0. The molecule has 0 rings (SSSR count). The summed E-state index contributed by atoms with van der Waals surface area (Å²) in [7, 11) is 0. The van der Waals surface area contributed by atoms with Crippen molar-refractivity contribution in [1.82, 2.24) is 0 Å². The van der Waals surface area contributed by atoms with E-state index in [0.717, 1.165) is 18.6 Å². The van der Waals surface area contributed by atoms with Gasteiger partial charge in [0.2, 0.25) is 0 Å². The van der Waals surface area contributed by atoms with E-state index >= 15 is 0 Å². The fourth-order valence-corrected chi connectivity index (χ4v) is 0.916. The highest BCUT2D eigenvalue weighted by atomic mass is 16.1. The van der Waals surface area contributed by atoms with Crippen molar-refractivity contribution >= 4 is 6.29 Å². The first-order chi connectivity index (χ1) is 4.66. The van der Waals surface area contributed by atoms with E-state index in [2.05, 4.69) is 13.8 Å². The molecule has 0 saturated heterocycles. The number of carbonyl (C=O) groups excluding carboxylic acids is 1. The molecule has 0 aromatic heterocycles. The molecule has 0 aliphatic heterocycles. The van der Waals surface area contributed by atoms with E-state index < -0.39 is 0 Å². The Morgan fingerprint density at radius 1 is 1.20 bits per heavy atom. The molecular formula is C9H18O. The second kappa shape index (κ2) is 5.45. The molecular weight excluding hydrogens is 124 g/mol. The Kier molecular flexibility index (Phi) is 5.27. The minimum atomic E-state index is 0.263. The van der Waals surface area contributed by atoms with Crippen LogP contribution in [0, 0.1) is 11.8 Å². The highest BCUT2D eigenvalue weighted by molar-refractivity contribution is 5.52. The third-order valence-corrected chi connectivity index (χ3v) is 1.67. The Morgan fingerprint density at radius 3 is 2.20 bits per heavy atom. The van der Waals surface area contributed by atoms with Gasteiger partial charge in [0.15, 0.2) is 0 Å². The fourth-order valence-electron chi connectivity index (χ4n) is 0.916. The quantitative estimate of drug-likeness (QED) is 0.539. The van der Waals surface area contributed by atoms with Crippen LogP contribution in [0.15, 0.2) is 0 Å². The summed E-state index contributed by atoms with van der Waals surface area (Å²) in [6.07, 6.45) is 4.54. The van der Waals surface area contributed by atoms with E-state index in [1.165, 1.54) is 12.8 Å². The van der Waals surface area contributed by atoms with Gasteiger partial charge in [-0.15, -0.1) is 0 Å². The normalized spacial score (nSPS) is 13.6. The van der Waals surface area contributed by atoms with Crippen molar-refractivity contribution in [3.8, 4) is 0 Å². The van der Waals surface area contributed by atoms with Gasteiger partial charge in [-0.05, 0) is 12.3 Å². The smallest absolute Gasteiger partial charge is 0.122 e. The average molecular weight is 142 g/mol. The fraction of sp³-hybridized carbons (Fsp3) is 0.889. The summed E-state index contributed by atoms with van der Waals surface area (Å²) in [5.74, 6) is 1.04. The molecule has 0 N–H and O–H groups in total. The SMILES string of the molecule is CC(C)CCC[C@H](C)C=O. The maximum absolute atomic E-state index is 10.2. The highest BCUT2D eigenvalue weighted by Gasteiger charge is 1.99. The lowest BCUT2D eigenvalue weighted by atomic mass is 10.0. The van der Waals surface area contributed by atoms with E-state index in [9.17, 15) is 4.79 Å². The maximum Gasteiger partial charge on any atom is 0.122 e. The van der Waals surface area contributed by atoms with E-state index in [0.29, 0.717) is 0 Å². The largest absolute Gasteiger partial charge is 0.303 e. The second-order valence-corrected chi connectivity index (χ2v) is 3.44. The minimum absolute atomic E-state index is 0.263. The maximum atomic E-state index is 10.2. The van der Waals surface area contributed by atoms with Gasteiger partial charge >= 0.3 is 0 Å². The summed E-state index contributed by atoms with van der Waals surface area (Å²) < 4.78 is 0. The van der Waals surface area contributed by atoms with Crippen molar-refractivity contribution in [2.75, 3.05) is 0 Å². The minimum Gasteiger partial charge on any atom is -0.303 e. The number of carbonyl (C=O) groups is 1. The summed E-state index contributed by atoms with van der Waals surface area (Å²) in [6.45, 7) is 6.41. The molecule has 0 saturated carbocycles. The molecule has 0 bridgehead atoms. The van der Waals surface area contributed by atoms with Gasteiger partial charge < -0.3 is 4.79 Å². The second-order valence-electron chi connectivity index (χ2n) is 3.44. The summed E-state index contributed by atoms with van der Waals surface area (Å²) in [4.78, 5) is 10.2. The van der Waals surface area contributed by atoms with Gasteiger partial charge in [-0.25, -0.2) is 0 Å². The Bertz CT molecular complexity index is 86.7. The van der Waals surface area contributed by atoms with E-state index in [1.807, 2.05) is 6.92 Å². The molecule has 0 radical (unpaired) electrons. The van der Waals surface area contributed by atoms with Crippen LogP contribution in [0.1, 0.15) is 40.0 Å². The average Bonchev–Trinajstić information content (AvgIpc) is 1.87. The third-order valence-electron chi connectivity index (χ3n) is 1.67. The zero-order chi connectivity index (χ0) is 7.98. The monoisotopic (exact) mass is 142 g/mol. The highest BCUT2D eigenvalue weighted by Crippen LogP contribution is 2.10. The predicted octanol–water partition coefficient (Wildman–Crippen LogP) is 2.65. The number of rotatable bonds is 5. The van der Waals surface area contributed by atoms with Gasteiger partial charge in [0.05, 0.1) is 0 Å². The van der Waals surface area contributed by atoms with Crippen LogP contribution in [0.4, 0.5) is 0 Å². The molecule has 10 heavy (non-hydrogen) atoms. The van der Waals surface area contributed by atoms with Gasteiger partial charge in [-0.3, -0.25) is 0 Å². The van der Waals surface area contributed by atoms with E-state index in [4.69, 9.17) is 0 Å². The zero-order valence-corrected chi connectivity index (χ0v) is 7.26. The van der Waals surface area contributed by atoms with Crippen LogP contribution in [-0.4, -0.2) is 6.29 Å². The van der Waals surface area contributed by atoms with Crippen molar-refractivity contribution in [3.05, 3.63) is 0 Å². The lowest BCUT2D eigenvalue weighted by Crippen LogP contribution is -1.96. The molecule has 0 unspecified atom stereocenters. The Balaban J connectivity index is 3.11. The molecule has 0 aromatic carbocycles. The zero-order valence-electron chi connectivity index (χ0n) is 7.26. The molecule has 0 aliphatic carbocycles. The molecule has 0 amide bonds. The van der Waals surface area contributed by atoms with Crippen molar-refractivity contribution in [3.63, 3.8) is 0 Å². The molecule has 0 spiro atoms. The molecule has 1 atom stereocenters. The van der Waals surface area contributed by atoms with Gasteiger partial charge in [0.1, 0.15) is 6.29 Å². The molecule has 1 heteroatoms. The summed E-state index contributed by atoms with van der Waals surface area (Å²) >= 11 is 0. The summed E-state index contributed by atoms with van der Waals surface area (Å²) in [5, 5.41) is 0. The Hall–Kier alpha value is -0.330. The lowest BCUT2D eigenvalue weighted by molar-refractivity contribution is -0.110. The van der Waals surface area contributed by atoms with Gasteiger partial charge in [-0.1, -0.05) is 33.6 Å². The lowest BCUT2D eigenvalue weighted by Gasteiger charge is -2.04. The van der Waals surface area contributed by atoms with Gasteiger partial charge in [0, 0.05) is 5.92 Å². The van der Waals surface area contributed by atoms with Crippen LogP contribution < -0.4 is 0 Å². The van der Waals surface area contributed by atoms with Gasteiger partial charge in [-0.2, -0.15) is 0 Å². The van der Waals surface area contributed by atoms with Crippen LogP contribution in [-0.2, 0) is 4.79 Å². The van der Waals surface area contributed by atoms with Crippen molar-refractivity contribution in [2.24, 2.45) is 11.8 Å². The van der Waals surface area contributed by atoms with E-state index in [1.54, 1.807) is 0 Å². The first-order valence-electron chi connectivity index (χ1n) is 4.12. The Labute approximate surface area is 63.8 Å². The van der Waals surface area contributed by atoms with Crippen LogP contribution in [0.25, 0.3) is 0 Å². The number of aldehydes is 1. The van der Waals surface area contributed by atoms with Crippen LogP contribution >= 0.6 is 0 Å². The number of hydrogen-bond donors (Lipinski definition) is 0. The van der Waals surface area contributed by atoms with Crippen molar-refractivity contribution in [2.45, 2.75) is 40.0 Å². The molecule has 60 valence electrons. The van der Waals surface area contributed by atoms with Crippen LogP contribution in [0.3, 0.4) is 0 Å². The molecule has 0 aliphatic rings. The summed E-state index contributed by atoms with van der Waals surface area (Å²) in [5.41, 5.74) is 0. The van der Waals surface area contributed by atoms with E-state index in [-0.39, 0.29) is 5.92 Å². The number of hydrogen-bond acceptors (Lipinski definition) is 1. The Morgan fingerprint density at radius 2 is 1.80 bits per heavy atom. The van der Waals surface area contributed by atoms with Crippen molar-refractivity contribution in [1.29, 1.82) is 0 Å². The van der Waals surface area contributed by atoms with Crippen LogP contribution in [0.2, 0.25) is 0 Å². The van der Waals surface area contributed by atoms with Crippen LogP contribution in [0.5, 0.6) is 0 Å². The molecule has 0 fully saturated rings. The first-order valence-corrected chi connectivity index (χ1v) is 4.12. The topological polar surface area (TPSA) is 17.1 Å².